The molecule has 4 rings (SSSR count). The Morgan fingerprint density at radius 1 is 0.676 bits per heavy atom. The van der Waals surface area contributed by atoms with Crippen molar-refractivity contribution in [1.82, 2.24) is 0 Å². The molecule has 2 aromatic rings. The Labute approximate surface area is 206 Å². The van der Waals surface area contributed by atoms with Gasteiger partial charge in [-0.05, 0) is 72.6 Å². The molecule has 0 amide bonds. The van der Waals surface area contributed by atoms with Crippen LogP contribution in [0.5, 0.6) is 11.5 Å². The summed E-state index contributed by atoms with van der Waals surface area (Å²) in [6, 6.07) is 16.7. The summed E-state index contributed by atoms with van der Waals surface area (Å²) in [6.45, 7) is 0. The maximum atomic E-state index is 13.8. The Kier molecular flexibility index (Phi) is 9.07. The van der Waals surface area contributed by atoms with E-state index < -0.39 is 0 Å². The first kappa shape index (κ1) is 24.8. The van der Waals surface area contributed by atoms with Crippen molar-refractivity contribution in [2.24, 2.45) is 11.8 Å². The van der Waals surface area contributed by atoms with Crippen molar-refractivity contribution in [1.29, 1.82) is 0 Å². The van der Waals surface area contributed by atoms with Crippen molar-refractivity contribution >= 4 is 5.78 Å². The molecule has 2 aliphatic carbocycles. The second-order valence-corrected chi connectivity index (χ2v) is 10.4. The number of para-hydroxylation sites is 2. The Morgan fingerprint density at radius 2 is 1.06 bits per heavy atom. The van der Waals surface area contributed by atoms with Gasteiger partial charge in [-0.1, -0.05) is 74.9 Å². The molecule has 3 heteroatoms. The minimum absolute atomic E-state index is 0.244. The number of rotatable bonds is 10. The molecule has 0 radical (unpaired) electrons. The average molecular weight is 463 g/mol. The van der Waals surface area contributed by atoms with Crippen LogP contribution in [0, 0.1) is 11.8 Å². The van der Waals surface area contributed by atoms with Crippen molar-refractivity contribution in [2.45, 2.75) is 88.9 Å². The second-order valence-electron chi connectivity index (χ2n) is 10.4. The van der Waals surface area contributed by atoms with Gasteiger partial charge in [0.05, 0.1) is 14.2 Å². The van der Waals surface area contributed by atoms with Gasteiger partial charge in [0, 0.05) is 12.8 Å². The molecule has 0 N–H and O–H groups in total. The number of methoxy groups -OCH3 is 2. The molecule has 2 aromatic carbocycles. The average Bonchev–Trinajstić information content (AvgIpc) is 2.91. The molecule has 34 heavy (non-hydrogen) atoms. The highest BCUT2D eigenvalue weighted by molar-refractivity contribution is 5.80. The van der Waals surface area contributed by atoms with Crippen LogP contribution in [0.25, 0.3) is 0 Å². The van der Waals surface area contributed by atoms with Gasteiger partial charge < -0.3 is 9.47 Å². The summed E-state index contributed by atoms with van der Waals surface area (Å²) in [7, 11) is 3.50. The quantitative estimate of drug-likeness (QED) is 0.358. The molecule has 0 unspecified atom stereocenters. The second kappa shape index (κ2) is 12.4. The summed E-state index contributed by atoms with van der Waals surface area (Å²) < 4.78 is 11.5. The van der Waals surface area contributed by atoms with Gasteiger partial charge in [0.25, 0.3) is 0 Å². The Hall–Kier alpha value is -2.29. The third-order valence-corrected chi connectivity index (χ3v) is 8.41. The minimum atomic E-state index is 0.244. The van der Waals surface area contributed by atoms with Crippen LogP contribution in [0.3, 0.4) is 0 Å². The number of hydrogen-bond donors (Lipinski definition) is 0. The molecule has 0 spiro atoms. The highest BCUT2D eigenvalue weighted by Gasteiger charge is 2.33. The monoisotopic (exact) mass is 462 g/mol. The van der Waals surface area contributed by atoms with E-state index in [1.165, 1.54) is 75.3 Å². The van der Waals surface area contributed by atoms with Crippen molar-refractivity contribution in [3.05, 3.63) is 59.7 Å². The summed E-state index contributed by atoms with van der Waals surface area (Å²) in [4.78, 5) is 13.8. The van der Waals surface area contributed by atoms with Gasteiger partial charge >= 0.3 is 0 Å². The van der Waals surface area contributed by atoms with Crippen molar-refractivity contribution < 1.29 is 14.3 Å². The van der Waals surface area contributed by atoms with E-state index in [1.54, 1.807) is 14.2 Å². The van der Waals surface area contributed by atoms with Crippen molar-refractivity contribution in [3.8, 4) is 11.5 Å². The van der Waals surface area contributed by atoms with Gasteiger partial charge in [0.1, 0.15) is 17.3 Å². The maximum Gasteiger partial charge on any atom is 0.134 e. The molecule has 0 aromatic heterocycles. The summed E-state index contributed by atoms with van der Waals surface area (Å²) in [5, 5.41) is 0. The summed E-state index contributed by atoms with van der Waals surface area (Å²) in [6.07, 6.45) is 13.8. The zero-order valence-corrected chi connectivity index (χ0v) is 21.1. The molecule has 0 heterocycles. The highest BCUT2D eigenvalue weighted by Crippen LogP contribution is 2.45. The fourth-order valence-corrected chi connectivity index (χ4v) is 6.65. The standard InChI is InChI=1S/C31H42O3/c1-33-30-19-11-9-17-26(30)28(23-13-5-3-6-14-23)21-25(32)22-29(24-15-7-4-8-16-24)27-18-10-12-20-31(27)34-2/h9-12,17-20,23-24,28-29H,3-8,13-16,21-22H2,1-2H3/t28-,29-/m1/s1. The lowest BCUT2D eigenvalue weighted by Crippen LogP contribution is -2.23. The Bertz CT molecular complexity index is 835. The molecular formula is C31H42O3. The van der Waals surface area contributed by atoms with Gasteiger partial charge in [-0.3, -0.25) is 4.79 Å². The number of ketones is 1. The van der Waals surface area contributed by atoms with Crippen LogP contribution in [-0.4, -0.2) is 20.0 Å². The number of hydrogen-bond acceptors (Lipinski definition) is 3. The summed E-state index contributed by atoms with van der Waals surface area (Å²) in [5.41, 5.74) is 2.44. The van der Waals surface area contributed by atoms with Crippen molar-refractivity contribution in [3.63, 3.8) is 0 Å². The van der Waals surface area contributed by atoms with Crippen LogP contribution in [0.2, 0.25) is 0 Å². The van der Waals surface area contributed by atoms with E-state index in [-0.39, 0.29) is 11.8 Å². The van der Waals surface area contributed by atoms with Crippen LogP contribution >= 0.6 is 0 Å². The Balaban J connectivity index is 1.58. The van der Waals surface area contributed by atoms with E-state index in [0.29, 0.717) is 30.5 Å². The fourth-order valence-electron chi connectivity index (χ4n) is 6.65. The number of carbonyl (C=O) groups excluding carboxylic acids is 1. The van der Waals surface area contributed by atoms with Crippen LogP contribution in [0.1, 0.15) is 100 Å². The van der Waals surface area contributed by atoms with Gasteiger partial charge in [-0.15, -0.1) is 0 Å². The molecule has 2 atom stereocenters. The third-order valence-electron chi connectivity index (χ3n) is 8.41. The summed E-state index contributed by atoms with van der Waals surface area (Å²) in [5.74, 6) is 3.87. The van der Waals surface area contributed by atoms with E-state index in [1.807, 2.05) is 12.1 Å². The number of Topliss-reactive ketones (excluding diaryl/α,β-unsaturated/α-hetero) is 1. The van der Waals surface area contributed by atoms with E-state index in [0.717, 1.165) is 11.5 Å². The first-order chi connectivity index (χ1) is 16.7. The van der Waals surface area contributed by atoms with E-state index in [4.69, 9.17) is 9.47 Å². The lowest BCUT2D eigenvalue weighted by molar-refractivity contribution is -0.120. The van der Waals surface area contributed by atoms with Crippen molar-refractivity contribution in [2.75, 3.05) is 14.2 Å². The van der Waals surface area contributed by atoms with Crippen LogP contribution < -0.4 is 9.47 Å². The molecule has 0 aliphatic heterocycles. The predicted molar refractivity (Wildman–Crippen MR) is 139 cm³/mol. The van der Waals surface area contributed by atoms with E-state index in [9.17, 15) is 4.79 Å². The first-order valence-corrected chi connectivity index (χ1v) is 13.5. The lowest BCUT2D eigenvalue weighted by atomic mass is 9.71. The predicted octanol–water partition coefficient (Wildman–Crippen LogP) is 8.08. The zero-order chi connectivity index (χ0) is 23.8. The zero-order valence-electron chi connectivity index (χ0n) is 21.1. The number of ether oxygens (including phenoxy) is 2. The van der Waals surface area contributed by atoms with Gasteiger partial charge in [-0.2, -0.15) is 0 Å². The molecule has 0 bridgehead atoms. The molecule has 2 saturated carbocycles. The molecule has 0 saturated heterocycles. The highest BCUT2D eigenvalue weighted by atomic mass is 16.5. The van der Waals surface area contributed by atoms with Gasteiger partial charge in [-0.25, -0.2) is 0 Å². The molecular weight excluding hydrogens is 420 g/mol. The fraction of sp³-hybridized carbons (Fsp3) is 0.581. The van der Waals surface area contributed by atoms with Crippen LogP contribution in [-0.2, 0) is 4.79 Å². The minimum Gasteiger partial charge on any atom is -0.496 e. The SMILES string of the molecule is COc1ccccc1[C@H](CC(=O)C[C@@H](c1ccccc1OC)C1CCCCC1)C1CCCCC1. The normalized spacial score (nSPS) is 19.4. The smallest absolute Gasteiger partial charge is 0.134 e. The number of carbonyl (C=O) groups is 1. The Morgan fingerprint density at radius 3 is 1.44 bits per heavy atom. The largest absolute Gasteiger partial charge is 0.496 e. The third kappa shape index (κ3) is 6.03. The maximum absolute atomic E-state index is 13.8. The van der Waals surface area contributed by atoms with E-state index in [2.05, 4.69) is 36.4 Å². The van der Waals surface area contributed by atoms with Gasteiger partial charge in [0.2, 0.25) is 0 Å². The lowest BCUT2D eigenvalue weighted by Gasteiger charge is -2.33. The molecule has 3 nitrogen and oxygen atoms in total. The first-order valence-electron chi connectivity index (χ1n) is 13.5. The molecule has 2 fully saturated rings. The van der Waals surface area contributed by atoms with Gasteiger partial charge in [0.15, 0.2) is 0 Å². The number of benzene rings is 2. The van der Waals surface area contributed by atoms with Crippen LogP contribution in [0.15, 0.2) is 48.5 Å². The molecule has 184 valence electrons. The summed E-state index contributed by atoms with van der Waals surface area (Å²) >= 11 is 0. The molecule has 2 aliphatic rings. The topological polar surface area (TPSA) is 35.5 Å². The van der Waals surface area contributed by atoms with Crippen LogP contribution in [0.4, 0.5) is 0 Å². The van der Waals surface area contributed by atoms with E-state index >= 15 is 0 Å².